The Balaban J connectivity index is 0.00000169. The average molecular weight is 266 g/mol. The number of benzene rings is 1. The molecule has 0 amide bonds. The summed E-state index contributed by atoms with van der Waals surface area (Å²) >= 11 is 0. The molecule has 0 bridgehead atoms. The van der Waals surface area contributed by atoms with Gasteiger partial charge >= 0.3 is 0 Å². The van der Waals surface area contributed by atoms with E-state index >= 15 is 0 Å². The fourth-order valence-corrected chi connectivity index (χ4v) is 1.13. The van der Waals surface area contributed by atoms with Gasteiger partial charge in [0.15, 0.2) is 11.6 Å². The number of halogens is 2. The zero-order valence-corrected chi connectivity index (χ0v) is 9.45. The van der Waals surface area contributed by atoms with Crippen LogP contribution >= 0.6 is 17.0 Å². The van der Waals surface area contributed by atoms with E-state index in [1.54, 1.807) is 6.07 Å². The Kier molecular flexibility index (Phi) is 5.68. The maximum Gasteiger partial charge on any atom is 0.165 e. The van der Waals surface area contributed by atoms with E-state index in [0.29, 0.717) is 5.56 Å². The summed E-state index contributed by atoms with van der Waals surface area (Å²) in [5.41, 5.74) is 6.02. The molecule has 0 radical (unpaired) electrons. The summed E-state index contributed by atoms with van der Waals surface area (Å²) in [5.74, 6) is -0.368. The Morgan fingerprint density at radius 2 is 2.21 bits per heavy atom. The molecule has 5 heteroatoms. The Morgan fingerprint density at radius 3 is 2.71 bits per heavy atom. The molecule has 0 fully saturated rings. The molecule has 0 spiro atoms. The first-order valence-electron chi connectivity index (χ1n) is 3.89. The molecule has 0 heterocycles. The molecule has 1 rings (SSSR count). The van der Waals surface area contributed by atoms with Gasteiger partial charge in [-0.05, 0) is 6.07 Å². The van der Waals surface area contributed by atoms with Gasteiger partial charge in [0.1, 0.15) is 0 Å². The Bertz CT molecular complexity index is 296. The maximum atomic E-state index is 13.1. The van der Waals surface area contributed by atoms with Gasteiger partial charge in [-0.1, -0.05) is 12.1 Å². The van der Waals surface area contributed by atoms with E-state index in [2.05, 4.69) is 0 Å². The van der Waals surface area contributed by atoms with Gasteiger partial charge in [-0.2, -0.15) is 0 Å². The number of methoxy groups -OCH3 is 1. The number of para-hydroxylation sites is 1. The van der Waals surface area contributed by atoms with Crippen LogP contribution in [0, 0.1) is 5.82 Å². The molecule has 0 saturated heterocycles. The molecule has 1 atom stereocenters. The second kappa shape index (κ2) is 5.95. The standard InChI is InChI=1S/C9H12FNO2.BrH/c1-13-9-6(8(11)5-12)3-2-4-7(9)10;/h2-4,8,12H,5,11H2,1H3;1H. The zero-order chi connectivity index (χ0) is 9.84. The van der Waals surface area contributed by atoms with E-state index in [4.69, 9.17) is 15.6 Å². The summed E-state index contributed by atoms with van der Waals surface area (Å²) in [6.45, 7) is -0.236. The number of hydrogen-bond acceptors (Lipinski definition) is 3. The van der Waals surface area contributed by atoms with Crippen LogP contribution in [-0.2, 0) is 0 Å². The van der Waals surface area contributed by atoms with Crippen LogP contribution in [0.25, 0.3) is 0 Å². The number of rotatable bonds is 3. The normalized spacial score (nSPS) is 11.7. The lowest BCUT2D eigenvalue weighted by Crippen LogP contribution is -2.15. The summed E-state index contributed by atoms with van der Waals surface area (Å²) in [7, 11) is 1.37. The van der Waals surface area contributed by atoms with Gasteiger partial charge in [0, 0.05) is 5.56 Å². The molecule has 0 aliphatic rings. The molecular formula is C9H13BrFNO2. The smallest absolute Gasteiger partial charge is 0.165 e. The molecule has 1 aromatic rings. The lowest BCUT2D eigenvalue weighted by atomic mass is 10.1. The van der Waals surface area contributed by atoms with Crippen LogP contribution in [0.3, 0.4) is 0 Å². The minimum Gasteiger partial charge on any atom is -0.493 e. The van der Waals surface area contributed by atoms with Gasteiger partial charge in [0.05, 0.1) is 19.8 Å². The Labute approximate surface area is 92.5 Å². The first-order valence-corrected chi connectivity index (χ1v) is 3.89. The summed E-state index contributed by atoms with van der Waals surface area (Å²) in [5, 5.41) is 8.80. The van der Waals surface area contributed by atoms with Crippen LogP contribution in [0.15, 0.2) is 18.2 Å². The quantitative estimate of drug-likeness (QED) is 0.869. The minimum atomic E-state index is -0.606. The van der Waals surface area contributed by atoms with Crippen molar-refractivity contribution in [2.24, 2.45) is 5.73 Å². The maximum absolute atomic E-state index is 13.1. The summed E-state index contributed by atoms with van der Waals surface area (Å²) < 4.78 is 17.9. The average Bonchev–Trinajstić information content (AvgIpc) is 2.16. The largest absolute Gasteiger partial charge is 0.493 e. The summed E-state index contributed by atoms with van der Waals surface area (Å²) in [6.07, 6.45) is 0. The van der Waals surface area contributed by atoms with Gasteiger partial charge in [-0.25, -0.2) is 4.39 Å². The van der Waals surface area contributed by atoms with Crippen LogP contribution in [0.2, 0.25) is 0 Å². The Morgan fingerprint density at radius 1 is 1.57 bits per heavy atom. The van der Waals surface area contributed by atoms with E-state index in [1.165, 1.54) is 19.2 Å². The number of hydrogen-bond donors (Lipinski definition) is 2. The number of ether oxygens (including phenoxy) is 1. The first-order chi connectivity index (χ1) is 6.20. The van der Waals surface area contributed by atoms with Crippen molar-refractivity contribution in [3.63, 3.8) is 0 Å². The lowest BCUT2D eigenvalue weighted by molar-refractivity contribution is 0.263. The van der Waals surface area contributed by atoms with E-state index < -0.39 is 11.9 Å². The van der Waals surface area contributed by atoms with E-state index in [9.17, 15) is 4.39 Å². The molecule has 0 aliphatic heterocycles. The van der Waals surface area contributed by atoms with Crippen LogP contribution in [0.1, 0.15) is 11.6 Å². The second-order valence-electron chi connectivity index (χ2n) is 2.65. The molecule has 1 aromatic carbocycles. The third-order valence-corrected chi connectivity index (χ3v) is 1.80. The third kappa shape index (κ3) is 2.67. The van der Waals surface area contributed by atoms with Gasteiger partial charge in [0.2, 0.25) is 0 Å². The third-order valence-electron chi connectivity index (χ3n) is 1.80. The van der Waals surface area contributed by atoms with Crippen molar-refractivity contribution in [3.8, 4) is 5.75 Å². The molecule has 0 aliphatic carbocycles. The van der Waals surface area contributed by atoms with E-state index in [1.807, 2.05) is 0 Å². The first kappa shape index (κ1) is 13.4. The summed E-state index contributed by atoms with van der Waals surface area (Å²) in [4.78, 5) is 0. The van der Waals surface area contributed by atoms with Crippen LogP contribution in [0.5, 0.6) is 5.75 Å². The predicted octanol–water partition coefficient (Wildman–Crippen LogP) is 1.40. The SMILES string of the molecule is Br.COc1c(F)cccc1C(N)CO. The van der Waals surface area contributed by atoms with Gasteiger partial charge in [-0.15, -0.1) is 17.0 Å². The van der Waals surface area contributed by atoms with E-state index in [0.717, 1.165) is 0 Å². The Hall–Kier alpha value is -0.650. The highest BCUT2D eigenvalue weighted by Gasteiger charge is 2.13. The highest BCUT2D eigenvalue weighted by atomic mass is 79.9. The topological polar surface area (TPSA) is 55.5 Å². The highest BCUT2D eigenvalue weighted by molar-refractivity contribution is 8.93. The molecule has 80 valence electrons. The van der Waals surface area contributed by atoms with Crippen LogP contribution < -0.4 is 10.5 Å². The minimum absolute atomic E-state index is 0. The monoisotopic (exact) mass is 265 g/mol. The van der Waals surface area contributed by atoms with Crippen molar-refractivity contribution in [1.29, 1.82) is 0 Å². The molecule has 3 nitrogen and oxygen atoms in total. The van der Waals surface area contributed by atoms with Crippen LogP contribution in [0.4, 0.5) is 4.39 Å². The molecule has 3 N–H and O–H groups in total. The molecule has 1 unspecified atom stereocenters. The van der Waals surface area contributed by atoms with Gasteiger partial charge < -0.3 is 15.6 Å². The number of nitrogens with two attached hydrogens (primary N) is 1. The fourth-order valence-electron chi connectivity index (χ4n) is 1.13. The van der Waals surface area contributed by atoms with E-state index in [-0.39, 0.29) is 29.3 Å². The number of aliphatic hydroxyl groups is 1. The second-order valence-corrected chi connectivity index (χ2v) is 2.65. The van der Waals surface area contributed by atoms with Crippen molar-refractivity contribution in [2.75, 3.05) is 13.7 Å². The number of aliphatic hydroxyl groups excluding tert-OH is 1. The molecule has 0 saturated carbocycles. The van der Waals surface area contributed by atoms with Crippen molar-refractivity contribution in [1.82, 2.24) is 0 Å². The molecule has 14 heavy (non-hydrogen) atoms. The fraction of sp³-hybridized carbons (Fsp3) is 0.333. The summed E-state index contributed by atoms with van der Waals surface area (Å²) in [6, 6.07) is 3.84. The zero-order valence-electron chi connectivity index (χ0n) is 7.74. The van der Waals surface area contributed by atoms with Crippen molar-refractivity contribution in [3.05, 3.63) is 29.6 Å². The van der Waals surface area contributed by atoms with Crippen molar-refractivity contribution >= 4 is 17.0 Å². The van der Waals surface area contributed by atoms with Crippen LogP contribution in [-0.4, -0.2) is 18.8 Å². The van der Waals surface area contributed by atoms with Crippen molar-refractivity contribution in [2.45, 2.75) is 6.04 Å². The molecular weight excluding hydrogens is 253 g/mol. The van der Waals surface area contributed by atoms with Gasteiger partial charge in [-0.3, -0.25) is 0 Å². The predicted molar refractivity (Wildman–Crippen MR) is 57.3 cm³/mol. The highest BCUT2D eigenvalue weighted by Crippen LogP contribution is 2.26. The van der Waals surface area contributed by atoms with Crippen molar-refractivity contribution < 1.29 is 14.2 Å². The lowest BCUT2D eigenvalue weighted by Gasteiger charge is -2.13. The molecule has 0 aromatic heterocycles. The van der Waals surface area contributed by atoms with Gasteiger partial charge in [0.25, 0.3) is 0 Å².